The van der Waals surface area contributed by atoms with Gasteiger partial charge in [-0.05, 0) is 43.4 Å². The second kappa shape index (κ2) is 4.25. The number of nitrogens with zero attached hydrogens (tertiary/aromatic N) is 1. The van der Waals surface area contributed by atoms with Crippen molar-refractivity contribution in [2.45, 2.75) is 32.1 Å². The quantitative estimate of drug-likeness (QED) is 0.825. The molecule has 3 saturated carbocycles. The molecule has 3 aliphatic carbocycles. The summed E-state index contributed by atoms with van der Waals surface area (Å²) < 4.78 is 0. The van der Waals surface area contributed by atoms with Crippen LogP contribution >= 0.6 is 0 Å². The first kappa shape index (κ1) is 12.0. The maximum absolute atomic E-state index is 12.1. The Balaban J connectivity index is 1.51. The third-order valence-electron chi connectivity index (χ3n) is 5.19. The molecule has 0 aromatic rings. The van der Waals surface area contributed by atoms with Gasteiger partial charge in [0.2, 0.25) is 5.91 Å². The lowest BCUT2D eigenvalue weighted by molar-refractivity contribution is -0.141. The van der Waals surface area contributed by atoms with E-state index in [4.69, 9.17) is 5.11 Å². The van der Waals surface area contributed by atoms with Crippen LogP contribution in [-0.2, 0) is 9.59 Å². The summed E-state index contributed by atoms with van der Waals surface area (Å²) in [6.07, 6.45) is 5.87. The van der Waals surface area contributed by atoms with E-state index < -0.39 is 11.9 Å². The van der Waals surface area contributed by atoms with Gasteiger partial charge in [-0.1, -0.05) is 6.42 Å². The van der Waals surface area contributed by atoms with Crippen LogP contribution in [0.25, 0.3) is 0 Å². The summed E-state index contributed by atoms with van der Waals surface area (Å²) in [5.74, 6) is 0.952. The van der Waals surface area contributed by atoms with Crippen molar-refractivity contribution in [1.29, 1.82) is 0 Å². The minimum Gasteiger partial charge on any atom is -0.481 e. The molecular formula is C14H21NO3. The van der Waals surface area contributed by atoms with Crippen LogP contribution in [0.15, 0.2) is 0 Å². The van der Waals surface area contributed by atoms with E-state index in [1.165, 1.54) is 25.7 Å². The number of aliphatic carboxylic acids is 1. The molecule has 0 aromatic carbocycles. The van der Waals surface area contributed by atoms with Gasteiger partial charge in [-0.2, -0.15) is 0 Å². The second-order valence-electron chi connectivity index (χ2n) is 6.44. The number of carboxylic acid groups (broad SMARTS) is 1. The summed E-state index contributed by atoms with van der Waals surface area (Å²) in [5, 5.41) is 8.85. The third-order valence-corrected chi connectivity index (χ3v) is 5.19. The highest BCUT2D eigenvalue weighted by Gasteiger charge is 2.50. The standard InChI is InChI=1S/C14H21NO3/c1-15(13(16)11-6-12(11)14(17)18)7-10-5-8-2-3-9(10)4-8/h8-12H,2-7H2,1H3,(H,17,18). The summed E-state index contributed by atoms with van der Waals surface area (Å²) in [4.78, 5) is 24.6. The molecule has 0 radical (unpaired) electrons. The lowest BCUT2D eigenvalue weighted by Gasteiger charge is -2.27. The van der Waals surface area contributed by atoms with E-state index in [-0.39, 0.29) is 11.8 Å². The molecule has 0 aromatic heterocycles. The fourth-order valence-electron chi connectivity index (χ4n) is 4.07. The van der Waals surface area contributed by atoms with Gasteiger partial charge in [0.1, 0.15) is 0 Å². The number of rotatable bonds is 4. The summed E-state index contributed by atoms with van der Waals surface area (Å²) in [7, 11) is 1.84. The SMILES string of the molecule is CN(CC1CC2CCC1C2)C(=O)C1CC1C(=O)O. The van der Waals surface area contributed by atoms with Crippen LogP contribution in [0.2, 0.25) is 0 Å². The van der Waals surface area contributed by atoms with E-state index in [9.17, 15) is 9.59 Å². The van der Waals surface area contributed by atoms with E-state index in [1.54, 1.807) is 4.90 Å². The molecule has 0 spiro atoms. The summed E-state index contributed by atoms with van der Waals surface area (Å²) in [6, 6.07) is 0. The first-order valence-corrected chi connectivity index (χ1v) is 7.04. The Kier molecular flexibility index (Phi) is 2.83. The first-order chi connectivity index (χ1) is 8.56. The Morgan fingerprint density at radius 1 is 1.17 bits per heavy atom. The van der Waals surface area contributed by atoms with E-state index in [2.05, 4.69) is 0 Å². The number of amides is 1. The normalized spacial score (nSPS) is 40.8. The maximum atomic E-state index is 12.1. The molecule has 100 valence electrons. The summed E-state index contributed by atoms with van der Waals surface area (Å²) >= 11 is 0. The van der Waals surface area contributed by atoms with Crippen LogP contribution < -0.4 is 0 Å². The number of hydrogen-bond donors (Lipinski definition) is 1. The van der Waals surface area contributed by atoms with Gasteiger partial charge in [0, 0.05) is 13.6 Å². The highest BCUT2D eigenvalue weighted by atomic mass is 16.4. The molecule has 1 N–H and O–H groups in total. The minimum atomic E-state index is -0.818. The van der Waals surface area contributed by atoms with Crippen molar-refractivity contribution < 1.29 is 14.7 Å². The van der Waals surface area contributed by atoms with Crippen LogP contribution in [-0.4, -0.2) is 35.5 Å². The van der Waals surface area contributed by atoms with Gasteiger partial charge in [0.25, 0.3) is 0 Å². The highest BCUT2D eigenvalue weighted by Crippen LogP contribution is 2.48. The fraction of sp³-hybridized carbons (Fsp3) is 0.857. The second-order valence-corrected chi connectivity index (χ2v) is 6.44. The van der Waals surface area contributed by atoms with Crippen molar-refractivity contribution in [3.8, 4) is 0 Å². The van der Waals surface area contributed by atoms with Gasteiger partial charge in [-0.3, -0.25) is 9.59 Å². The third kappa shape index (κ3) is 2.02. The van der Waals surface area contributed by atoms with E-state index in [0.29, 0.717) is 12.3 Å². The number of carbonyl (C=O) groups is 2. The molecule has 5 atom stereocenters. The Morgan fingerprint density at radius 2 is 1.94 bits per heavy atom. The lowest BCUT2D eigenvalue weighted by Crippen LogP contribution is -2.35. The molecule has 0 saturated heterocycles. The zero-order valence-electron chi connectivity index (χ0n) is 10.8. The van der Waals surface area contributed by atoms with Crippen molar-refractivity contribution >= 4 is 11.9 Å². The maximum Gasteiger partial charge on any atom is 0.307 e. The zero-order chi connectivity index (χ0) is 12.9. The Morgan fingerprint density at radius 3 is 2.44 bits per heavy atom. The predicted molar refractivity (Wildman–Crippen MR) is 65.8 cm³/mol. The minimum absolute atomic E-state index is 0.0465. The van der Waals surface area contributed by atoms with E-state index >= 15 is 0 Å². The molecule has 4 heteroatoms. The van der Waals surface area contributed by atoms with E-state index in [0.717, 1.165) is 18.4 Å². The molecule has 0 aliphatic heterocycles. The van der Waals surface area contributed by atoms with Crippen molar-refractivity contribution in [2.24, 2.45) is 29.6 Å². The largest absolute Gasteiger partial charge is 0.481 e. The topological polar surface area (TPSA) is 57.6 Å². The average Bonchev–Trinajstić information content (AvgIpc) is 2.88. The van der Waals surface area contributed by atoms with Gasteiger partial charge in [0.15, 0.2) is 0 Å². The Bertz CT molecular complexity index is 381. The molecule has 3 fully saturated rings. The smallest absolute Gasteiger partial charge is 0.307 e. The van der Waals surface area contributed by atoms with Gasteiger partial charge in [0.05, 0.1) is 11.8 Å². The number of carbonyl (C=O) groups excluding carboxylic acids is 1. The Hall–Kier alpha value is -1.06. The van der Waals surface area contributed by atoms with Crippen LogP contribution in [0.1, 0.15) is 32.1 Å². The zero-order valence-corrected chi connectivity index (χ0v) is 10.8. The van der Waals surface area contributed by atoms with Crippen molar-refractivity contribution in [1.82, 2.24) is 4.90 Å². The van der Waals surface area contributed by atoms with Gasteiger partial charge in [-0.15, -0.1) is 0 Å². The highest BCUT2D eigenvalue weighted by molar-refractivity contribution is 5.89. The number of carboxylic acids is 1. The lowest BCUT2D eigenvalue weighted by atomic mass is 9.88. The van der Waals surface area contributed by atoms with Crippen LogP contribution in [0.4, 0.5) is 0 Å². The molecular weight excluding hydrogens is 230 g/mol. The van der Waals surface area contributed by atoms with Crippen molar-refractivity contribution in [3.63, 3.8) is 0 Å². The molecule has 18 heavy (non-hydrogen) atoms. The molecule has 4 nitrogen and oxygen atoms in total. The molecule has 0 heterocycles. The predicted octanol–water partition coefficient (Wildman–Crippen LogP) is 1.60. The molecule has 1 amide bonds. The number of hydrogen-bond acceptors (Lipinski definition) is 2. The fourth-order valence-corrected chi connectivity index (χ4v) is 4.07. The first-order valence-electron chi connectivity index (χ1n) is 7.04. The van der Waals surface area contributed by atoms with Crippen LogP contribution in [0.5, 0.6) is 0 Å². The molecule has 2 bridgehead atoms. The van der Waals surface area contributed by atoms with Crippen LogP contribution in [0.3, 0.4) is 0 Å². The summed E-state index contributed by atoms with van der Waals surface area (Å²) in [6.45, 7) is 0.836. The summed E-state index contributed by atoms with van der Waals surface area (Å²) in [5.41, 5.74) is 0. The Labute approximate surface area is 107 Å². The monoisotopic (exact) mass is 251 g/mol. The van der Waals surface area contributed by atoms with Crippen molar-refractivity contribution in [2.75, 3.05) is 13.6 Å². The van der Waals surface area contributed by atoms with Crippen LogP contribution in [0, 0.1) is 29.6 Å². The average molecular weight is 251 g/mol. The molecule has 3 aliphatic rings. The van der Waals surface area contributed by atoms with Gasteiger partial charge < -0.3 is 10.0 Å². The van der Waals surface area contributed by atoms with Crippen molar-refractivity contribution in [3.05, 3.63) is 0 Å². The van der Waals surface area contributed by atoms with E-state index in [1.807, 2.05) is 7.05 Å². The molecule has 3 rings (SSSR count). The molecule has 5 unspecified atom stereocenters. The number of fused-ring (bicyclic) bond motifs is 2. The van der Waals surface area contributed by atoms with Gasteiger partial charge >= 0.3 is 5.97 Å². The van der Waals surface area contributed by atoms with Gasteiger partial charge in [-0.25, -0.2) is 0 Å².